The minimum atomic E-state index is -0.751. The van der Waals surface area contributed by atoms with Gasteiger partial charge in [-0.1, -0.05) is 22.9 Å². The number of ether oxygens (including phenoxy) is 1. The van der Waals surface area contributed by atoms with Gasteiger partial charge in [-0.2, -0.15) is 0 Å². The second kappa shape index (κ2) is 5.41. The molecule has 0 aliphatic heterocycles. The molecule has 0 saturated heterocycles. The zero-order valence-corrected chi connectivity index (χ0v) is 7.31. The molecule has 0 saturated carbocycles. The molecule has 0 heterocycles. The van der Waals surface area contributed by atoms with E-state index in [-0.39, 0.29) is 5.33 Å². The van der Waals surface area contributed by atoms with Gasteiger partial charge in [0.15, 0.2) is 0 Å². The first-order valence-electron chi connectivity index (χ1n) is 2.98. The fourth-order valence-electron chi connectivity index (χ4n) is 0.330. The third kappa shape index (κ3) is 3.61. The molecule has 0 aromatic heterocycles. The van der Waals surface area contributed by atoms with Crippen molar-refractivity contribution in [2.24, 2.45) is 0 Å². The predicted molar refractivity (Wildman–Crippen MR) is 40.1 cm³/mol. The molecule has 0 aromatic carbocycles. The molecule has 0 aliphatic rings. The Balaban J connectivity index is 3.52. The van der Waals surface area contributed by atoms with Gasteiger partial charge in [0.25, 0.3) is 0 Å². The summed E-state index contributed by atoms with van der Waals surface area (Å²) in [7, 11) is 0. The highest BCUT2D eigenvalue weighted by Crippen LogP contribution is 1.88. The molecule has 0 rings (SSSR count). The third-order valence-electron chi connectivity index (χ3n) is 0.786. The van der Waals surface area contributed by atoms with Crippen LogP contribution < -0.4 is 0 Å². The predicted octanol–water partition coefficient (Wildman–Crippen LogP) is 0.904. The number of carbonyl (C=O) groups excluding carboxylic acids is 2. The molecular formula is C6H9BrO3. The first-order valence-corrected chi connectivity index (χ1v) is 4.10. The Morgan fingerprint density at radius 1 is 1.50 bits per heavy atom. The Kier molecular flexibility index (Phi) is 5.20. The first kappa shape index (κ1) is 9.62. The monoisotopic (exact) mass is 208 g/mol. The van der Waals surface area contributed by atoms with Crippen molar-refractivity contribution < 1.29 is 14.3 Å². The fourth-order valence-corrected chi connectivity index (χ4v) is 0.559. The Bertz CT molecular complexity index is 133. The van der Waals surface area contributed by atoms with Crippen LogP contribution in [-0.4, -0.2) is 23.7 Å². The summed E-state index contributed by atoms with van der Waals surface area (Å²) in [4.78, 5) is 21.0. The van der Waals surface area contributed by atoms with E-state index < -0.39 is 11.8 Å². The van der Waals surface area contributed by atoms with Crippen molar-refractivity contribution in [3.8, 4) is 0 Å². The van der Waals surface area contributed by atoms with E-state index in [1.807, 2.05) is 6.92 Å². The standard InChI is InChI=1S/C6H9BrO3/c1-2-3-10-6(9)5(8)4-7/h2-4H2,1H3. The SMILES string of the molecule is CCCOC(=O)C(=O)CBr. The second-order valence-corrected chi connectivity index (χ2v) is 2.25. The summed E-state index contributed by atoms with van der Waals surface area (Å²) < 4.78 is 4.53. The van der Waals surface area contributed by atoms with Gasteiger partial charge >= 0.3 is 5.97 Å². The molecule has 10 heavy (non-hydrogen) atoms. The van der Waals surface area contributed by atoms with Crippen LogP contribution in [0.4, 0.5) is 0 Å². The molecule has 0 spiro atoms. The summed E-state index contributed by atoms with van der Waals surface area (Å²) in [6, 6.07) is 0. The molecule has 0 N–H and O–H groups in total. The minimum Gasteiger partial charge on any atom is -0.460 e. The lowest BCUT2D eigenvalue weighted by molar-refractivity contribution is -0.152. The van der Waals surface area contributed by atoms with Crippen LogP contribution in [0.1, 0.15) is 13.3 Å². The van der Waals surface area contributed by atoms with Gasteiger partial charge in [-0.15, -0.1) is 0 Å². The van der Waals surface area contributed by atoms with E-state index in [0.29, 0.717) is 6.61 Å². The molecule has 0 atom stereocenters. The maximum atomic E-state index is 10.5. The van der Waals surface area contributed by atoms with Crippen LogP contribution in [0.5, 0.6) is 0 Å². The van der Waals surface area contributed by atoms with Gasteiger partial charge in [0.05, 0.1) is 11.9 Å². The lowest BCUT2D eigenvalue weighted by Gasteiger charge is -1.97. The van der Waals surface area contributed by atoms with E-state index in [0.717, 1.165) is 6.42 Å². The summed E-state index contributed by atoms with van der Waals surface area (Å²) in [5.74, 6) is -1.29. The molecule has 0 bridgehead atoms. The number of carbonyl (C=O) groups is 2. The summed E-state index contributed by atoms with van der Waals surface area (Å²) >= 11 is 2.86. The van der Waals surface area contributed by atoms with Gasteiger partial charge in [-0.3, -0.25) is 4.79 Å². The van der Waals surface area contributed by atoms with Gasteiger partial charge in [-0.25, -0.2) is 4.79 Å². The van der Waals surface area contributed by atoms with Crippen LogP contribution in [0.15, 0.2) is 0 Å². The Hall–Kier alpha value is -0.380. The molecule has 0 unspecified atom stereocenters. The number of hydrogen-bond acceptors (Lipinski definition) is 3. The lowest BCUT2D eigenvalue weighted by Crippen LogP contribution is -2.18. The van der Waals surface area contributed by atoms with Crippen LogP contribution in [0, 0.1) is 0 Å². The summed E-state index contributed by atoms with van der Waals surface area (Å²) in [5, 5.41) is 0.0372. The lowest BCUT2D eigenvalue weighted by atomic mass is 10.4. The second-order valence-electron chi connectivity index (χ2n) is 1.69. The highest BCUT2D eigenvalue weighted by molar-refractivity contribution is 9.09. The Labute approximate surface area is 67.9 Å². The number of alkyl halides is 1. The summed E-state index contributed by atoms with van der Waals surface area (Å²) in [6.45, 7) is 2.18. The van der Waals surface area contributed by atoms with E-state index in [1.165, 1.54) is 0 Å². The van der Waals surface area contributed by atoms with Crippen molar-refractivity contribution in [1.29, 1.82) is 0 Å². The topological polar surface area (TPSA) is 43.4 Å². The highest BCUT2D eigenvalue weighted by atomic mass is 79.9. The van der Waals surface area contributed by atoms with Crippen LogP contribution in [0.3, 0.4) is 0 Å². The molecule has 0 amide bonds. The van der Waals surface area contributed by atoms with Crippen molar-refractivity contribution in [2.75, 3.05) is 11.9 Å². The number of esters is 1. The van der Waals surface area contributed by atoms with E-state index in [9.17, 15) is 9.59 Å². The van der Waals surface area contributed by atoms with Gasteiger partial charge in [0.1, 0.15) is 0 Å². The smallest absolute Gasteiger partial charge is 0.375 e. The zero-order chi connectivity index (χ0) is 7.98. The van der Waals surface area contributed by atoms with Crippen molar-refractivity contribution in [2.45, 2.75) is 13.3 Å². The molecule has 3 nitrogen and oxygen atoms in total. The van der Waals surface area contributed by atoms with Crippen LogP contribution in [0.25, 0.3) is 0 Å². The normalized spacial score (nSPS) is 9.00. The maximum Gasteiger partial charge on any atom is 0.375 e. The summed E-state index contributed by atoms with van der Waals surface area (Å²) in [6.07, 6.45) is 0.737. The van der Waals surface area contributed by atoms with Crippen LogP contribution in [0.2, 0.25) is 0 Å². The first-order chi connectivity index (χ1) is 4.72. The van der Waals surface area contributed by atoms with Gasteiger partial charge in [-0.05, 0) is 6.42 Å². The van der Waals surface area contributed by atoms with Crippen molar-refractivity contribution in [3.05, 3.63) is 0 Å². The Morgan fingerprint density at radius 2 is 2.10 bits per heavy atom. The van der Waals surface area contributed by atoms with E-state index in [1.54, 1.807) is 0 Å². The quantitative estimate of drug-likeness (QED) is 0.392. The number of Topliss-reactive ketones (excluding diaryl/α,β-unsaturated/α-hetero) is 1. The average Bonchev–Trinajstić information content (AvgIpc) is 1.98. The Morgan fingerprint density at radius 3 is 2.50 bits per heavy atom. The van der Waals surface area contributed by atoms with Gasteiger partial charge in [0, 0.05) is 0 Å². The minimum absolute atomic E-state index is 0.0372. The number of ketones is 1. The largest absolute Gasteiger partial charge is 0.460 e. The molecular weight excluding hydrogens is 200 g/mol. The van der Waals surface area contributed by atoms with E-state index in [4.69, 9.17) is 0 Å². The molecule has 0 aromatic rings. The molecule has 4 heteroatoms. The maximum absolute atomic E-state index is 10.5. The van der Waals surface area contributed by atoms with Crippen LogP contribution >= 0.6 is 15.9 Å². The summed E-state index contributed by atoms with van der Waals surface area (Å²) in [5.41, 5.74) is 0. The third-order valence-corrected chi connectivity index (χ3v) is 1.30. The number of hydrogen-bond donors (Lipinski definition) is 0. The zero-order valence-electron chi connectivity index (χ0n) is 5.72. The van der Waals surface area contributed by atoms with Crippen molar-refractivity contribution >= 4 is 27.7 Å². The fraction of sp³-hybridized carbons (Fsp3) is 0.667. The van der Waals surface area contributed by atoms with Gasteiger partial charge in [0.2, 0.25) is 5.78 Å². The number of halogens is 1. The average molecular weight is 209 g/mol. The van der Waals surface area contributed by atoms with E-state index in [2.05, 4.69) is 20.7 Å². The van der Waals surface area contributed by atoms with Crippen molar-refractivity contribution in [3.63, 3.8) is 0 Å². The van der Waals surface area contributed by atoms with Crippen LogP contribution in [-0.2, 0) is 14.3 Å². The van der Waals surface area contributed by atoms with Gasteiger partial charge < -0.3 is 4.74 Å². The van der Waals surface area contributed by atoms with Crippen molar-refractivity contribution in [1.82, 2.24) is 0 Å². The number of rotatable bonds is 4. The molecule has 0 fully saturated rings. The molecule has 0 radical (unpaired) electrons. The molecule has 0 aliphatic carbocycles. The highest BCUT2D eigenvalue weighted by Gasteiger charge is 2.11. The molecule has 58 valence electrons. The van der Waals surface area contributed by atoms with E-state index >= 15 is 0 Å².